The van der Waals surface area contributed by atoms with Gasteiger partial charge in [0.25, 0.3) is 5.91 Å². The molecule has 1 heterocycles. The van der Waals surface area contributed by atoms with Crippen molar-refractivity contribution in [1.82, 2.24) is 5.32 Å². The average Bonchev–Trinajstić information content (AvgIpc) is 2.69. The van der Waals surface area contributed by atoms with E-state index in [-0.39, 0.29) is 11.9 Å². The highest BCUT2D eigenvalue weighted by atomic mass is 16.5. The van der Waals surface area contributed by atoms with Crippen molar-refractivity contribution in [3.05, 3.63) is 59.2 Å². The summed E-state index contributed by atoms with van der Waals surface area (Å²) in [6, 6.07) is 13.5. The molecule has 1 aliphatic rings. The van der Waals surface area contributed by atoms with Crippen molar-refractivity contribution in [3.63, 3.8) is 0 Å². The van der Waals surface area contributed by atoms with Gasteiger partial charge in [0.05, 0.1) is 19.3 Å². The second kappa shape index (κ2) is 9.45. The number of nitrogens with one attached hydrogen (secondary N) is 1. The Morgan fingerprint density at radius 3 is 2.74 bits per heavy atom. The van der Waals surface area contributed by atoms with Crippen LogP contribution in [0.25, 0.3) is 0 Å². The zero-order valence-electron chi connectivity index (χ0n) is 16.3. The van der Waals surface area contributed by atoms with Gasteiger partial charge in [0.1, 0.15) is 11.5 Å². The molecule has 1 aliphatic heterocycles. The van der Waals surface area contributed by atoms with Crippen LogP contribution in [0.15, 0.2) is 42.5 Å². The molecule has 1 amide bonds. The molecule has 0 aliphatic carbocycles. The monoisotopic (exact) mass is 367 g/mol. The Bertz CT molecular complexity index is 755. The Morgan fingerprint density at radius 2 is 1.96 bits per heavy atom. The van der Waals surface area contributed by atoms with Gasteiger partial charge < -0.3 is 14.8 Å². The summed E-state index contributed by atoms with van der Waals surface area (Å²) < 4.78 is 11.5. The molecule has 0 spiro atoms. The topological polar surface area (TPSA) is 47.6 Å². The van der Waals surface area contributed by atoms with Crippen LogP contribution in [0.2, 0.25) is 0 Å². The fourth-order valence-corrected chi connectivity index (χ4v) is 3.33. The molecule has 1 atom stereocenters. The van der Waals surface area contributed by atoms with Crippen LogP contribution >= 0.6 is 0 Å². The van der Waals surface area contributed by atoms with Gasteiger partial charge in [0, 0.05) is 17.5 Å². The minimum Gasteiger partial charge on any atom is -0.494 e. The maximum atomic E-state index is 12.7. The van der Waals surface area contributed by atoms with Crippen molar-refractivity contribution in [1.29, 1.82) is 0 Å². The van der Waals surface area contributed by atoms with Crippen LogP contribution in [-0.2, 0) is 0 Å². The standard InChI is InChI=1S/C23H29NO3/c1-3-4-5-6-14-26-19-10-8-18(9-11-19)23(25)24-21-13-15-27-22-12-7-17(2)16-20(21)22/h7-12,16,21H,3-6,13-15H2,1-2H3,(H,24,25). The van der Waals surface area contributed by atoms with E-state index < -0.39 is 0 Å². The zero-order valence-corrected chi connectivity index (χ0v) is 16.3. The highest BCUT2D eigenvalue weighted by Crippen LogP contribution is 2.32. The van der Waals surface area contributed by atoms with Gasteiger partial charge in [0.2, 0.25) is 0 Å². The molecule has 2 aromatic rings. The summed E-state index contributed by atoms with van der Waals surface area (Å²) in [4.78, 5) is 12.7. The van der Waals surface area contributed by atoms with Crippen molar-refractivity contribution < 1.29 is 14.3 Å². The molecule has 2 aromatic carbocycles. The zero-order chi connectivity index (χ0) is 19.1. The number of ether oxygens (including phenoxy) is 2. The van der Waals surface area contributed by atoms with Crippen LogP contribution in [0.3, 0.4) is 0 Å². The van der Waals surface area contributed by atoms with Gasteiger partial charge in [-0.3, -0.25) is 4.79 Å². The first-order valence-electron chi connectivity index (χ1n) is 9.94. The van der Waals surface area contributed by atoms with Gasteiger partial charge >= 0.3 is 0 Å². The molecular formula is C23H29NO3. The maximum absolute atomic E-state index is 12.7. The van der Waals surface area contributed by atoms with Gasteiger partial charge in [-0.15, -0.1) is 0 Å². The van der Waals surface area contributed by atoms with E-state index >= 15 is 0 Å². The van der Waals surface area contributed by atoms with Crippen LogP contribution < -0.4 is 14.8 Å². The summed E-state index contributed by atoms with van der Waals surface area (Å²) in [5.74, 6) is 1.61. The Kier molecular flexibility index (Phi) is 6.74. The van der Waals surface area contributed by atoms with Crippen molar-refractivity contribution in [3.8, 4) is 11.5 Å². The van der Waals surface area contributed by atoms with Crippen molar-refractivity contribution in [2.75, 3.05) is 13.2 Å². The van der Waals surface area contributed by atoms with Crippen LogP contribution in [0.4, 0.5) is 0 Å². The highest BCUT2D eigenvalue weighted by Gasteiger charge is 2.23. The van der Waals surface area contributed by atoms with Crippen molar-refractivity contribution in [2.45, 2.75) is 52.0 Å². The van der Waals surface area contributed by atoms with E-state index in [9.17, 15) is 4.79 Å². The summed E-state index contributed by atoms with van der Waals surface area (Å²) in [6.07, 6.45) is 5.52. The quantitative estimate of drug-likeness (QED) is 0.652. The van der Waals surface area contributed by atoms with Gasteiger partial charge in [-0.05, 0) is 43.7 Å². The van der Waals surface area contributed by atoms with Crippen molar-refractivity contribution in [2.24, 2.45) is 0 Å². The first-order valence-corrected chi connectivity index (χ1v) is 9.94. The molecule has 0 aromatic heterocycles. The predicted octanol–water partition coefficient (Wildman–Crippen LogP) is 5.21. The summed E-state index contributed by atoms with van der Waals surface area (Å²) in [6.45, 7) is 5.59. The Balaban J connectivity index is 1.57. The summed E-state index contributed by atoms with van der Waals surface area (Å²) in [5.41, 5.74) is 2.87. The van der Waals surface area contributed by atoms with Crippen molar-refractivity contribution >= 4 is 5.91 Å². The lowest BCUT2D eigenvalue weighted by molar-refractivity contribution is 0.0924. The number of benzene rings is 2. The van der Waals surface area contributed by atoms with Gasteiger partial charge in [-0.1, -0.05) is 43.9 Å². The molecule has 1 N–H and O–H groups in total. The van der Waals surface area contributed by atoms with Gasteiger partial charge in [0.15, 0.2) is 0 Å². The lowest BCUT2D eigenvalue weighted by Crippen LogP contribution is -2.32. The Hall–Kier alpha value is -2.49. The molecule has 144 valence electrons. The number of hydrogen-bond acceptors (Lipinski definition) is 3. The van der Waals surface area contributed by atoms with E-state index in [2.05, 4.69) is 25.2 Å². The lowest BCUT2D eigenvalue weighted by Gasteiger charge is -2.27. The third kappa shape index (κ3) is 5.25. The van der Waals surface area contributed by atoms with Crippen LogP contribution in [0.5, 0.6) is 11.5 Å². The maximum Gasteiger partial charge on any atom is 0.251 e. The van der Waals surface area contributed by atoms with Crippen LogP contribution in [0, 0.1) is 6.92 Å². The molecule has 27 heavy (non-hydrogen) atoms. The first kappa shape index (κ1) is 19.3. The molecular weight excluding hydrogens is 338 g/mol. The largest absolute Gasteiger partial charge is 0.494 e. The van der Waals surface area contributed by atoms with E-state index in [1.54, 1.807) is 0 Å². The molecule has 1 unspecified atom stereocenters. The van der Waals surface area contributed by atoms with E-state index in [1.807, 2.05) is 36.4 Å². The van der Waals surface area contributed by atoms with Crippen LogP contribution in [-0.4, -0.2) is 19.1 Å². The second-order valence-corrected chi connectivity index (χ2v) is 7.14. The summed E-state index contributed by atoms with van der Waals surface area (Å²) in [5, 5.41) is 3.14. The van der Waals surface area contributed by atoms with E-state index in [0.29, 0.717) is 12.2 Å². The smallest absolute Gasteiger partial charge is 0.251 e. The number of carbonyl (C=O) groups excluding carboxylic acids is 1. The van der Waals surface area contributed by atoms with E-state index in [0.717, 1.165) is 36.5 Å². The number of fused-ring (bicyclic) bond motifs is 1. The predicted molar refractivity (Wildman–Crippen MR) is 108 cm³/mol. The Labute approximate surface area is 161 Å². The molecule has 0 radical (unpaired) electrons. The minimum absolute atomic E-state index is 0.0179. The molecule has 4 heteroatoms. The molecule has 0 saturated heterocycles. The lowest BCUT2D eigenvalue weighted by atomic mass is 9.98. The molecule has 0 bridgehead atoms. The third-order valence-corrected chi connectivity index (χ3v) is 4.89. The molecule has 3 rings (SSSR count). The average molecular weight is 367 g/mol. The van der Waals surface area contributed by atoms with E-state index in [4.69, 9.17) is 9.47 Å². The number of carbonyl (C=O) groups is 1. The number of aryl methyl sites for hydroxylation is 1. The third-order valence-electron chi connectivity index (χ3n) is 4.89. The summed E-state index contributed by atoms with van der Waals surface area (Å²) in [7, 11) is 0. The van der Waals surface area contributed by atoms with Gasteiger partial charge in [-0.25, -0.2) is 0 Å². The molecule has 0 saturated carbocycles. The Morgan fingerprint density at radius 1 is 1.15 bits per heavy atom. The fourth-order valence-electron chi connectivity index (χ4n) is 3.33. The fraction of sp³-hybridized carbons (Fsp3) is 0.435. The molecule has 4 nitrogen and oxygen atoms in total. The number of rotatable bonds is 8. The SMILES string of the molecule is CCCCCCOc1ccc(C(=O)NC2CCOc3ccc(C)cc32)cc1. The normalized spacial score (nSPS) is 15.6. The number of unbranched alkanes of at least 4 members (excludes halogenated alkanes) is 3. The first-order chi connectivity index (χ1) is 13.2. The highest BCUT2D eigenvalue weighted by molar-refractivity contribution is 5.94. The van der Waals surface area contributed by atoms with Crippen LogP contribution in [0.1, 0.15) is 66.6 Å². The van der Waals surface area contributed by atoms with Gasteiger partial charge in [-0.2, -0.15) is 0 Å². The van der Waals surface area contributed by atoms with E-state index in [1.165, 1.54) is 24.8 Å². The second-order valence-electron chi connectivity index (χ2n) is 7.14. The number of amides is 1. The number of hydrogen-bond donors (Lipinski definition) is 1. The molecule has 0 fully saturated rings. The summed E-state index contributed by atoms with van der Waals surface area (Å²) >= 11 is 0. The minimum atomic E-state index is -0.0659.